The number of nitrogens with zero attached hydrogens (tertiary/aromatic N) is 1. The van der Waals surface area contributed by atoms with Gasteiger partial charge in [0, 0.05) is 6.54 Å². The van der Waals surface area contributed by atoms with Crippen molar-refractivity contribution in [2.75, 3.05) is 26.2 Å². The first-order valence-electron chi connectivity index (χ1n) is 12.9. The molecular weight excluding hydrogens is 469 g/mol. The standard InChI is InChI=1S/C23H29NO4.C8H9F/c1-17(28-16-20(25)15-24-12-4-5-13-24)21-6-2-3-7-22(21)19-10-8-18(9-11-19)14-23(26)27;1-6-3-4-7(2)8(9)5-6/h2-3,6-11,17,20,25H,4-5,12-16H2,1H3,(H,26,27);3-5H,1-2H3. The smallest absolute Gasteiger partial charge is 0.307 e. The van der Waals surface area contributed by atoms with Crippen molar-refractivity contribution < 1.29 is 24.1 Å². The maximum absolute atomic E-state index is 12.6. The summed E-state index contributed by atoms with van der Waals surface area (Å²) in [6, 6.07) is 20.9. The maximum atomic E-state index is 12.6. The Balaban J connectivity index is 0.000000356. The van der Waals surface area contributed by atoms with Crippen molar-refractivity contribution in [2.45, 2.75) is 52.2 Å². The molecule has 5 nitrogen and oxygen atoms in total. The molecule has 0 spiro atoms. The lowest BCUT2D eigenvalue weighted by molar-refractivity contribution is -0.136. The summed E-state index contributed by atoms with van der Waals surface area (Å²) in [5, 5.41) is 19.2. The van der Waals surface area contributed by atoms with Crippen LogP contribution in [0.3, 0.4) is 0 Å². The minimum atomic E-state index is -0.831. The van der Waals surface area contributed by atoms with Crippen LogP contribution in [0.4, 0.5) is 4.39 Å². The molecule has 0 aliphatic carbocycles. The summed E-state index contributed by atoms with van der Waals surface area (Å²) in [5.41, 5.74) is 5.60. The molecule has 2 atom stereocenters. The molecule has 0 amide bonds. The molecule has 0 saturated carbocycles. The quantitative estimate of drug-likeness (QED) is 0.374. The molecule has 1 aliphatic heterocycles. The Morgan fingerprint density at radius 3 is 2.32 bits per heavy atom. The van der Waals surface area contributed by atoms with Gasteiger partial charge in [-0.1, -0.05) is 60.7 Å². The predicted molar refractivity (Wildman–Crippen MR) is 145 cm³/mol. The van der Waals surface area contributed by atoms with Crippen LogP contribution < -0.4 is 0 Å². The highest BCUT2D eigenvalue weighted by atomic mass is 19.1. The van der Waals surface area contributed by atoms with Crippen molar-refractivity contribution in [1.82, 2.24) is 4.90 Å². The number of carboxylic acids is 1. The van der Waals surface area contributed by atoms with Gasteiger partial charge in [-0.15, -0.1) is 0 Å². The first kappa shape index (κ1) is 28.5. The fourth-order valence-electron chi connectivity index (χ4n) is 4.45. The Bertz CT molecular complexity index is 1140. The van der Waals surface area contributed by atoms with Crippen LogP contribution in [0, 0.1) is 19.7 Å². The summed E-state index contributed by atoms with van der Waals surface area (Å²) in [7, 11) is 0. The fraction of sp³-hybridized carbons (Fsp3) is 0.387. The van der Waals surface area contributed by atoms with E-state index in [1.807, 2.05) is 68.4 Å². The number of rotatable bonds is 9. The van der Waals surface area contributed by atoms with E-state index in [1.165, 1.54) is 18.9 Å². The second kappa shape index (κ2) is 14.0. The second-order valence-corrected chi connectivity index (χ2v) is 9.74. The van der Waals surface area contributed by atoms with Crippen LogP contribution in [0.1, 0.15) is 48.1 Å². The molecule has 198 valence electrons. The normalized spacial score (nSPS) is 15.1. The number of carbonyl (C=O) groups is 1. The first-order chi connectivity index (χ1) is 17.7. The number of halogens is 1. The number of hydrogen-bond acceptors (Lipinski definition) is 4. The van der Waals surface area contributed by atoms with Crippen molar-refractivity contribution in [3.63, 3.8) is 0 Å². The van der Waals surface area contributed by atoms with E-state index < -0.39 is 12.1 Å². The minimum absolute atomic E-state index is 0.0242. The molecule has 0 aromatic heterocycles. The number of carboxylic acid groups (broad SMARTS) is 1. The van der Waals surface area contributed by atoms with Gasteiger partial charge in [0.25, 0.3) is 0 Å². The molecule has 6 heteroatoms. The summed E-state index contributed by atoms with van der Waals surface area (Å²) in [6.07, 6.45) is 1.81. The average Bonchev–Trinajstić information content (AvgIpc) is 3.38. The van der Waals surface area contributed by atoms with Gasteiger partial charge in [0.15, 0.2) is 0 Å². The molecule has 1 fully saturated rings. The number of aliphatic carboxylic acids is 1. The third-order valence-electron chi connectivity index (χ3n) is 6.55. The monoisotopic (exact) mass is 507 g/mol. The van der Waals surface area contributed by atoms with E-state index in [4.69, 9.17) is 9.84 Å². The van der Waals surface area contributed by atoms with Gasteiger partial charge in [0.2, 0.25) is 0 Å². The molecule has 1 saturated heterocycles. The van der Waals surface area contributed by atoms with E-state index in [9.17, 15) is 14.3 Å². The van der Waals surface area contributed by atoms with Gasteiger partial charge in [-0.05, 0) is 86.1 Å². The van der Waals surface area contributed by atoms with Crippen molar-refractivity contribution >= 4 is 5.97 Å². The largest absolute Gasteiger partial charge is 0.481 e. The van der Waals surface area contributed by atoms with Crippen molar-refractivity contribution in [3.8, 4) is 11.1 Å². The van der Waals surface area contributed by atoms with Crippen LogP contribution in [0.15, 0.2) is 66.7 Å². The van der Waals surface area contributed by atoms with Gasteiger partial charge >= 0.3 is 5.97 Å². The summed E-state index contributed by atoms with van der Waals surface area (Å²) < 4.78 is 18.6. The van der Waals surface area contributed by atoms with Crippen LogP contribution in [0.25, 0.3) is 11.1 Å². The van der Waals surface area contributed by atoms with E-state index in [0.717, 1.165) is 40.9 Å². The first-order valence-corrected chi connectivity index (χ1v) is 12.9. The average molecular weight is 508 g/mol. The summed E-state index contributed by atoms with van der Waals surface area (Å²) in [6.45, 7) is 8.74. The molecule has 0 bridgehead atoms. The number of aryl methyl sites for hydroxylation is 2. The molecule has 3 aromatic carbocycles. The molecule has 0 radical (unpaired) electrons. The van der Waals surface area contributed by atoms with E-state index in [-0.39, 0.29) is 18.3 Å². The molecule has 37 heavy (non-hydrogen) atoms. The third-order valence-corrected chi connectivity index (χ3v) is 6.55. The van der Waals surface area contributed by atoms with E-state index in [0.29, 0.717) is 18.7 Å². The van der Waals surface area contributed by atoms with Crippen LogP contribution in [0.5, 0.6) is 0 Å². The topological polar surface area (TPSA) is 70.0 Å². The Labute approximate surface area is 219 Å². The molecule has 1 aliphatic rings. The Morgan fingerprint density at radius 2 is 1.70 bits per heavy atom. The van der Waals surface area contributed by atoms with Crippen molar-refractivity contribution in [3.05, 3.63) is 94.8 Å². The Hall–Kier alpha value is -3.06. The zero-order valence-electron chi connectivity index (χ0n) is 22.0. The highest BCUT2D eigenvalue weighted by Gasteiger charge is 2.18. The van der Waals surface area contributed by atoms with Gasteiger partial charge in [-0.2, -0.15) is 0 Å². The fourth-order valence-corrected chi connectivity index (χ4v) is 4.45. The molecule has 1 heterocycles. The summed E-state index contributed by atoms with van der Waals surface area (Å²) >= 11 is 0. The number of benzene rings is 3. The van der Waals surface area contributed by atoms with Gasteiger partial charge in [0.1, 0.15) is 5.82 Å². The van der Waals surface area contributed by atoms with E-state index >= 15 is 0 Å². The zero-order valence-corrected chi connectivity index (χ0v) is 22.0. The maximum Gasteiger partial charge on any atom is 0.307 e. The number of ether oxygens (including phenoxy) is 1. The summed E-state index contributed by atoms with van der Waals surface area (Å²) in [5.74, 6) is -0.947. The predicted octanol–water partition coefficient (Wildman–Crippen LogP) is 5.96. The number of likely N-dealkylation sites (tertiary alicyclic amines) is 1. The SMILES string of the molecule is CC(OCC(O)CN1CCCC1)c1ccccc1-c1ccc(CC(=O)O)cc1.Cc1ccc(C)c(F)c1. The lowest BCUT2D eigenvalue weighted by Gasteiger charge is -2.22. The third kappa shape index (κ3) is 9.08. The highest BCUT2D eigenvalue weighted by Crippen LogP contribution is 2.30. The van der Waals surface area contributed by atoms with Crippen LogP contribution in [0.2, 0.25) is 0 Å². The van der Waals surface area contributed by atoms with Gasteiger partial charge in [-0.3, -0.25) is 4.79 Å². The van der Waals surface area contributed by atoms with Crippen molar-refractivity contribution in [1.29, 1.82) is 0 Å². The molecule has 4 rings (SSSR count). The second-order valence-electron chi connectivity index (χ2n) is 9.74. The molecule has 2 N–H and O–H groups in total. The summed E-state index contributed by atoms with van der Waals surface area (Å²) in [4.78, 5) is 13.1. The molecular formula is C31H38FNO4. The van der Waals surface area contributed by atoms with E-state index in [1.54, 1.807) is 13.0 Å². The Kier molecular flexibility index (Phi) is 10.8. The number of aliphatic hydroxyl groups is 1. The zero-order chi connectivity index (χ0) is 26.8. The van der Waals surface area contributed by atoms with Crippen LogP contribution in [-0.2, 0) is 16.0 Å². The van der Waals surface area contributed by atoms with Crippen LogP contribution >= 0.6 is 0 Å². The van der Waals surface area contributed by atoms with Crippen LogP contribution in [-0.4, -0.2) is 53.4 Å². The lowest BCUT2D eigenvalue weighted by Crippen LogP contribution is -2.33. The number of aliphatic hydroxyl groups excluding tert-OH is 1. The van der Waals surface area contributed by atoms with Gasteiger partial charge in [0.05, 0.1) is 25.2 Å². The lowest BCUT2D eigenvalue weighted by atomic mass is 9.95. The minimum Gasteiger partial charge on any atom is -0.481 e. The number of β-amino-alcohol motifs (C(OH)–C–C–N with tert-alkyl or cyclic N) is 1. The van der Waals surface area contributed by atoms with Gasteiger partial charge in [-0.25, -0.2) is 4.39 Å². The van der Waals surface area contributed by atoms with E-state index in [2.05, 4.69) is 4.90 Å². The molecule has 2 unspecified atom stereocenters. The highest BCUT2D eigenvalue weighted by molar-refractivity contribution is 5.72. The number of hydrogen-bond donors (Lipinski definition) is 2. The van der Waals surface area contributed by atoms with Gasteiger partial charge < -0.3 is 19.8 Å². The molecule has 3 aromatic rings. The van der Waals surface area contributed by atoms with Crippen molar-refractivity contribution in [2.24, 2.45) is 0 Å². The Morgan fingerprint density at radius 1 is 1.03 bits per heavy atom.